The van der Waals surface area contributed by atoms with Crippen LogP contribution in [0, 0.1) is 6.92 Å². The Balaban J connectivity index is 2.17. The third-order valence-electron chi connectivity index (χ3n) is 3.21. The molecule has 0 radical (unpaired) electrons. The van der Waals surface area contributed by atoms with E-state index in [2.05, 4.69) is 29.1 Å². The monoisotopic (exact) mass is 283 g/mol. The molecule has 1 unspecified atom stereocenters. The van der Waals surface area contributed by atoms with Crippen LogP contribution in [0.4, 0.5) is 0 Å². The Kier molecular flexibility index (Phi) is 4.20. The van der Waals surface area contributed by atoms with Gasteiger partial charge in [0.05, 0.1) is 17.2 Å². The van der Waals surface area contributed by atoms with Gasteiger partial charge in [-0.25, -0.2) is 18.4 Å². The van der Waals surface area contributed by atoms with E-state index in [4.69, 9.17) is 0 Å². The topological polar surface area (TPSA) is 72.0 Å². The van der Waals surface area contributed by atoms with Crippen LogP contribution in [0.3, 0.4) is 0 Å². The minimum atomic E-state index is -2.89. The highest BCUT2D eigenvalue weighted by atomic mass is 32.2. The molecule has 0 aromatic carbocycles. The van der Waals surface area contributed by atoms with Crippen molar-refractivity contribution in [1.82, 2.24) is 15.3 Å². The van der Waals surface area contributed by atoms with Crippen molar-refractivity contribution in [3.63, 3.8) is 0 Å². The summed E-state index contributed by atoms with van der Waals surface area (Å²) in [6.45, 7) is 6.78. The normalized spacial score (nSPS) is 22.0. The fourth-order valence-electron chi connectivity index (χ4n) is 2.24. The Bertz CT molecular complexity index is 555. The van der Waals surface area contributed by atoms with Gasteiger partial charge in [-0.1, -0.05) is 13.8 Å². The number of nitrogens with one attached hydrogen (secondary N) is 1. The third kappa shape index (κ3) is 3.98. The summed E-state index contributed by atoms with van der Waals surface area (Å²) < 4.78 is 23.1. The van der Waals surface area contributed by atoms with Crippen LogP contribution >= 0.6 is 0 Å². The summed E-state index contributed by atoms with van der Waals surface area (Å²) in [7, 11) is -2.89. The van der Waals surface area contributed by atoms with E-state index in [1.165, 1.54) is 0 Å². The molecule has 0 bridgehead atoms. The Labute approximate surface area is 114 Å². The van der Waals surface area contributed by atoms with E-state index in [1.807, 2.05) is 13.0 Å². The predicted molar refractivity (Wildman–Crippen MR) is 74.8 cm³/mol. The molecule has 1 fully saturated rings. The lowest BCUT2D eigenvalue weighted by Gasteiger charge is -2.12. The molecule has 0 spiro atoms. The molecule has 0 aliphatic carbocycles. The van der Waals surface area contributed by atoms with Crippen LogP contribution in [0.25, 0.3) is 0 Å². The zero-order valence-corrected chi connectivity index (χ0v) is 12.5. The van der Waals surface area contributed by atoms with Crippen molar-refractivity contribution in [3.05, 3.63) is 23.3 Å². The molecule has 1 aliphatic heterocycles. The summed E-state index contributed by atoms with van der Waals surface area (Å²) in [5.74, 6) is 1.09. The summed E-state index contributed by atoms with van der Waals surface area (Å²) in [6, 6.07) is 2.34. The van der Waals surface area contributed by atoms with Crippen LogP contribution < -0.4 is 5.32 Å². The average Bonchev–Trinajstić information content (AvgIpc) is 2.66. The van der Waals surface area contributed by atoms with Gasteiger partial charge in [0, 0.05) is 24.2 Å². The molecular formula is C13H21N3O2S. The fraction of sp³-hybridized carbons (Fsp3) is 0.692. The first-order valence-corrected chi connectivity index (χ1v) is 8.46. The number of hydrogen-bond donors (Lipinski definition) is 1. The first-order chi connectivity index (χ1) is 8.85. The van der Waals surface area contributed by atoms with Crippen LogP contribution in [0.15, 0.2) is 6.07 Å². The van der Waals surface area contributed by atoms with Crippen molar-refractivity contribution in [1.29, 1.82) is 0 Å². The summed E-state index contributed by atoms with van der Waals surface area (Å²) in [5, 5.41) is 3.31. The molecule has 0 saturated carbocycles. The van der Waals surface area contributed by atoms with Gasteiger partial charge in [0.25, 0.3) is 0 Å². The minimum Gasteiger partial charge on any atom is -0.309 e. The highest BCUT2D eigenvalue weighted by molar-refractivity contribution is 7.91. The number of sulfone groups is 1. The summed E-state index contributed by atoms with van der Waals surface area (Å²) >= 11 is 0. The molecule has 1 saturated heterocycles. The van der Waals surface area contributed by atoms with Crippen molar-refractivity contribution < 1.29 is 8.42 Å². The lowest BCUT2D eigenvalue weighted by Crippen LogP contribution is -2.23. The predicted octanol–water partition coefficient (Wildman–Crippen LogP) is 1.19. The van der Waals surface area contributed by atoms with Gasteiger partial charge in [0.1, 0.15) is 5.82 Å². The Hall–Kier alpha value is -1.01. The van der Waals surface area contributed by atoms with Crippen LogP contribution in [-0.4, -0.2) is 35.9 Å². The first-order valence-electron chi connectivity index (χ1n) is 6.64. The molecule has 0 amide bonds. The number of aryl methyl sites for hydroxylation is 1. The van der Waals surface area contributed by atoms with Gasteiger partial charge in [0.15, 0.2) is 9.84 Å². The molecule has 1 N–H and O–H groups in total. The SMILES string of the molecule is Cc1cc(CNC(C)C)nc(C2CCS(=O)(=O)C2)n1. The molecule has 1 atom stereocenters. The van der Waals surface area contributed by atoms with Crippen molar-refractivity contribution >= 4 is 9.84 Å². The van der Waals surface area contributed by atoms with Gasteiger partial charge in [-0.2, -0.15) is 0 Å². The van der Waals surface area contributed by atoms with E-state index in [0.717, 1.165) is 11.4 Å². The Morgan fingerprint density at radius 3 is 2.74 bits per heavy atom. The second-order valence-electron chi connectivity index (χ2n) is 5.49. The molecular weight excluding hydrogens is 262 g/mol. The van der Waals surface area contributed by atoms with E-state index in [0.29, 0.717) is 24.8 Å². The number of hydrogen-bond acceptors (Lipinski definition) is 5. The highest BCUT2D eigenvalue weighted by Gasteiger charge is 2.31. The van der Waals surface area contributed by atoms with Crippen LogP contribution in [0.2, 0.25) is 0 Å². The number of aromatic nitrogens is 2. The zero-order chi connectivity index (χ0) is 14.0. The van der Waals surface area contributed by atoms with E-state index < -0.39 is 9.84 Å². The maximum atomic E-state index is 11.5. The van der Waals surface area contributed by atoms with Crippen molar-refractivity contribution in [3.8, 4) is 0 Å². The molecule has 2 rings (SSSR count). The molecule has 1 aromatic rings. The van der Waals surface area contributed by atoms with Gasteiger partial charge in [-0.3, -0.25) is 0 Å². The van der Waals surface area contributed by atoms with E-state index in [1.54, 1.807) is 0 Å². The lowest BCUT2D eigenvalue weighted by molar-refractivity contribution is 0.574. The smallest absolute Gasteiger partial charge is 0.151 e. The minimum absolute atomic E-state index is 0.0392. The molecule has 5 nitrogen and oxygen atoms in total. The van der Waals surface area contributed by atoms with Gasteiger partial charge in [-0.05, 0) is 19.4 Å². The lowest BCUT2D eigenvalue weighted by atomic mass is 10.1. The molecule has 19 heavy (non-hydrogen) atoms. The average molecular weight is 283 g/mol. The first kappa shape index (κ1) is 14.4. The van der Waals surface area contributed by atoms with Crippen LogP contribution in [0.1, 0.15) is 43.4 Å². The largest absolute Gasteiger partial charge is 0.309 e. The van der Waals surface area contributed by atoms with Gasteiger partial charge in [-0.15, -0.1) is 0 Å². The molecule has 6 heteroatoms. The Morgan fingerprint density at radius 2 is 2.16 bits per heavy atom. The quantitative estimate of drug-likeness (QED) is 0.898. The molecule has 2 heterocycles. The summed E-state index contributed by atoms with van der Waals surface area (Å²) in [5.41, 5.74) is 1.83. The van der Waals surface area contributed by atoms with Crippen molar-refractivity contribution in [2.75, 3.05) is 11.5 Å². The molecule has 1 aromatic heterocycles. The van der Waals surface area contributed by atoms with Crippen molar-refractivity contribution in [2.45, 2.75) is 45.7 Å². The van der Waals surface area contributed by atoms with Crippen LogP contribution in [0.5, 0.6) is 0 Å². The number of rotatable bonds is 4. The highest BCUT2D eigenvalue weighted by Crippen LogP contribution is 2.26. The second kappa shape index (κ2) is 5.54. The standard InChI is InChI=1S/C13H21N3O2S/c1-9(2)14-7-12-6-10(3)15-13(16-12)11-4-5-19(17,18)8-11/h6,9,11,14H,4-5,7-8H2,1-3H3. The molecule has 106 valence electrons. The third-order valence-corrected chi connectivity index (χ3v) is 4.98. The van der Waals surface area contributed by atoms with Crippen molar-refractivity contribution in [2.24, 2.45) is 0 Å². The van der Waals surface area contributed by atoms with E-state index in [9.17, 15) is 8.42 Å². The number of nitrogens with zero attached hydrogens (tertiary/aromatic N) is 2. The van der Waals surface area contributed by atoms with Gasteiger partial charge in [0.2, 0.25) is 0 Å². The van der Waals surface area contributed by atoms with E-state index in [-0.39, 0.29) is 17.4 Å². The maximum Gasteiger partial charge on any atom is 0.151 e. The maximum absolute atomic E-state index is 11.5. The van der Waals surface area contributed by atoms with E-state index >= 15 is 0 Å². The van der Waals surface area contributed by atoms with Gasteiger partial charge >= 0.3 is 0 Å². The van der Waals surface area contributed by atoms with Crippen LogP contribution in [-0.2, 0) is 16.4 Å². The molecule has 1 aliphatic rings. The Morgan fingerprint density at radius 1 is 1.42 bits per heavy atom. The summed E-state index contributed by atoms with van der Waals surface area (Å²) in [4.78, 5) is 8.92. The zero-order valence-electron chi connectivity index (χ0n) is 11.7. The fourth-order valence-corrected chi connectivity index (χ4v) is 3.98. The van der Waals surface area contributed by atoms with Gasteiger partial charge < -0.3 is 5.32 Å². The summed E-state index contributed by atoms with van der Waals surface area (Å²) in [6.07, 6.45) is 0.642. The second-order valence-corrected chi connectivity index (χ2v) is 7.72.